The maximum absolute atomic E-state index is 5.70. The fourth-order valence-electron chi connectivity index (χ4n) is 1.20. The van der Waals surface area contributed by atoms with E-state index < -0.39 is 0 Å². The van der Waals surface area contributed by atoms with Crippen molar-refractivity contribution in [1.82, 2.24) is 10.3 Å². The smallest absolute Gasteiger partial charge is 0.218 e. The SMILES string of the molecule is C=C(C)CNC(N)=NCc1cccnc1OC. The predicted molar refractivity (Wildman–Crippen MR) is 68.9 cm³/mol. The van der Waals surface area contributed by atoms with Gasteiger partial charge in [0.25, 0.3) is 0 Å². The van der Waals surface area contributed by atoms with Crippen LogP contribution in [0.1, 0.15) is 12.5 Å². The predicted octanol–water partition coefficient (Wildman–Crippen LogP) is 1.07. The molecule has 0 fully saturated rings. The van der Waals surface area contributed by atoms with E-state index in [-0.39, 0.29) is 0 Å². The minimum atomic E-state index is 0.388. The highest BCUT2D eigenvalue weighted by molar-refractivity contribution is 5.78. The molecule has 0 spiro atoms. The Balaban J connectivity index is 2.59. The number of guanidine groups is 1. The second-order valence-corrected chi connectivity index (χ2v) is 3.68. The van der Waals surface area contributed by atoms with Crippen LogP contribution in [0.4, 0.5) is 0 Å². The standard InChI is InChI=1S/C12H18N4O/c1-9(2)7-15-12(13)16-8-10-5-4-6-14-11(10)17-3/h4-6H,1,7-8H2,2-3H3,(H3,13,15,16). The first-order valence-corrected chi connectivity index (χ1v) is 5.29. The fraction of sp³-hybridized carbons (Fsp3) is 0.333. The Morgan fingerprint density at radius 3 is 3.06 bits per heavy atom. The highest BCUT2D eigenvalue weighted by Crippen LogP contribution is 2.14. The number of hydrogen-bond donors (Lipinski definition) is 2. The molecule has 3 N–H and O–H groups in total. The molecular formula is C12H18N4O. The summed E-state index contributed by atoms with van der Waals surface area (Å²) < 4.78 is 5.12. The molecule has 0 amide bonds. The normalized spacial score (nSPS) is 11.1. The summed E-state index contributed by atoms with van der Waals surface area (Å²) in [5, 5.41) is 2.96. The molecule has 0 bridgehead atoms. The van der Waals surface area contributed by atoms with Crippen molar-refractivity contribution >= 4 is 5.96 Å². The van der Waals surface area contributed by atoms with E-state index >= 15 is 0 Å². The van der Waals surface area contributed by atoms with Crippen LogP contribution in [-0.4, -0.2) is 24.6 Å². The van der Waals surface area contributed by atoms with Gasteiger partial charge in [-0.15, -0.1) is 0 Å². The lowest BCUT2D eigenvalue weighted by atomic mass is 10.3. The number of rotatable bonds is 5. The third-order valence-corrected chi connectivity index (χ3v) is 2.03. The number of hydrogen-bond acceptors (Lipinski definition) is 3. The average Bonchev–Trinajstić information content (AvgIpc) is 2.34. The van der Waals surface area contributed by atoms with Crippen LogP contribution in [0.15, 0.2) is 35.5 Å². The van der Waals surface area contributed by atoms with Crippen LogP contribution in [0.25, 0.3) is 0 Å². The van der Waals surface area contributed by atoms with Crippen molar-refractivity contribution in [3.05, 3.63) is 36.0 Å². The van der Waals surface area contributed by atoms with Gasteiger partial charge in [-0.25, -0.2) is 9.98 Å². The highest BCUT2D eigenvalue weighted by atomic mass is 16.5. The Morgan fingerprint density at radius 2 is 2.41 bits per heavy atom. The molecule has 1 aromatic heterocycles. The summed E-state index contributed by atoms with van der Waals surface area (Å²) in [6.45, 7) is 6.75. The van der Waals surface area contributed by atoms with Gasteiger partial charge >= 0.3 is 0 Å². The quantitative estimate of drug-likeness (QED) is 0.454. The first-order chi connectivity index (χ1) is 8.13. The maximum Gasteiger partial charge on any atom is 0.218 e. The molecule has 5 nitrogen and oxygen atoms in total. The molecular weight excluding hydrogens is 216 g/mol. The third kappa shape index (κ3) is 4.55. The van der Waals surface area contributed by atoms with Crippen molar-refractivity contribution in [1.29, 1.82) is 0 Å². The summed E-state index contributed by atoms with van der Waals surface area (Å²) >= 11 is 0. The molecule has 0 aliphatic carbocycles. The summed E-state index contributed by atoms with van der Waals surface area (Å²) in [5.74, 6) is 0.961. The van der Waals surface area contributed by atoms with Gasteiger partial charge < -0.3 is 15.8 Å². The highest BCUT2D eigenvalue weighted by Gasteiger charge is 2.01. The molecule has 92 valence electrons. The topological polar surface area (TPSA) is 72.5 Å². The number of nitrogens with two attached hydrogens (primary N) is 1. The first-order valence-electron chi connectivity index (χ1n) is 5.29. The summed E-state index contributed by atoms with van der Waals surface area (Å²) in [6, 6.07) is 3.74. The van der Waals surface area contributed by atoms with Gasteiger partial charge in [0.05, 0.1) is 13.7 Å². The van der Waals surface area contributed by atoms with Crippen LogP contribution in [0.3, 0.4) is 0 Å². The maximum atomic E-state index is 5.70. The van der Waals surface area contributed by atoms with Gasteiger partial charge in [0.15, 0.2) is 5.96 Å². The summed E-state index contributed by atoms with van der Waals surface area (Å²) in [4.78, 5) is 8.28. The Labute approximate surface area is 101 Å². The van der Waals surface area contributed by atoms with Crippen molar-refractivity contribution in [2.24, 2.45) is 10.7 Å². The molecule has 0 radical (unpaired) electrons. The van der Waals surface area contributed by atoms with Crippen molar-refractivity contribution in [3.8, 4) is 5.88 Å². The zero-order chi connectivity index (χ0) is 12.7. The molecule has 1 rings (SSSR count). The zero-order valence-electron chi connectivity index (χ0n) is 10.2. The van der Waals surface area contributed by atoms with E-state index in [9.17, 15) is 0 Å². The Bertz CT molecular complexity index is 415. The van der Waals surface area contributed by atoms with E-state index in [1.807, 2.05) is 19.1 Å². The fourth-order valence-corrected chi connectivity index (χ4v) is 1.20. The van der Waals surface area contributed by atoms with E-state index in [2.05, 4.69) is 21.9 Å². The molecule has 0 atom stereocenters. The third-order valence-electron chi connectivity index (χ3n) is 2.03. The summed E-state index contributed by atoms with van der Waals surface area (Å²) in [7, 11) is 1.58. The van der Waals surface area contributed by atoms with Gasteiger partial charge in [0.1, 0.15) is 0 Å². The second-order valence-electron chi connectivity index (χ2n) is 3.68. The van der Waals surface area contributed by atoms with Gasteiger partial charge in [-0.05, 0) is 13.0 Å². The molecule has 0 aromatic carbocycles. The lowest BCUT2D eigenvalue weighted by molar-refractivity contribution is 0.392. The lowest BCUT2D eigenvalue weighted by Crippen LogP contribution is -2.32. The van der Waals surface area contributed by atoms with Crippen LogP contribution >= 0.6 is 0 Å². The minimum absolute atomic E-state index is 0.388. The molecule has 0 aliphatic heterocycles. The van der Waals surface area contributed by atoms with E-state index in [1.54, 1.807) is 13.3 Å². The van der Waals surface area contributed by atoms with Crippen LogP contribution in [0.2, 0.25) is 0 Å². The summed E-state index contributed by atoms with van der Waals surface area (Å²) in [5.41, 5.74) is 7.60. The van der Waals surface area contributed by atoms with Crippen molar-refractivity contribution < 1.29 is 4.74 Å². The Morgan fingerprint density at radius 1 is 1.65 bits per heavy atom. The van der Waals surface area contributed by atoms with Gasteiger partial charge in [-0.2, -0.15) is 0 Å². The Kier molecular flexibility index (Phi) is 5.00. The first kappa shape index (κ1) is 13.0. The molecule has 0 saturated carbocycles. The van der Waals surface area contributed by atoms with Crippen LogP contribution in [0, 0.1) is 0 Å². The molecule has 5 heteroatoms. The number of nitrogens with zero attached hydrogens (tertiary/aromatic N) is 2. The van der Waals surface area contributed by atoms with Crippen LogP contribution in [-0.2, 0) is 6.54 Å². The van der Waals surface area contributed by atoms with Crippen molar-refractivity contribution in [2.75, 3.05) is 13.7 Å². The van der Waals surface area contributed by atoms with Gasteiger partial charge in [-0.1, -0.05) is 18.2 Å². The molecule has 1 heterocycles. The number of aliphatic imine (C=N–C) groups is 1. The lowest BCUT2D eigenvalue weighted by Gasteiger charge is -2.06. The number of ether oxygens (including phenoxy) is 1. The Hall–Kier alpha value is -2.04. The van der Waals surface area contributed by atoms with Crippen molar-refractivity contribution in [3.63, 3.8) is 0 Å². The number of aromatic nitrogens is 1. The average molecular weight is 234 g/mol. The van der Waals surface area contributed by atoms with E-state index in [0.29, 0.717) is 24.9 Å². The summed E-state index contributed by atoms with van der Waals surface area (Å²) in [6.07, 6.45) is 1.68. The molecule has 0 unspecified atom stereocenters. The monoisotopic (exact) mass is 234 g/mol. The van der Waals surface area contributed by atoms with E-state index in [0.717, 1.165) is 11.1 Å². The molecule has 17 heavy (non-hydrogen) atoms. The number of pyridine rings is 1. The van der Waals surface area contributed by atoms with E-state index in [1.165, 1.54) is 0 Å². The largest absolute Gasteiger partial charge is 0.481 e. The van der Waals surface area contributed by atoms with Crippen LogP contribution < -0.4 is 15.8 Å². The zero-order valence-corrected chi connectivity index (χ0v) is 10.2. The minimum Gasteiger partial charge on any atom is -0.481 e. The number of nitrogens with one attached hydrogen (secondary N) is 1. The van der Waals surface area contributed by atoms with Gasteiger partial charge in [0, 0.05) is 18.3 Å². The molecule has 0 aliphatic rings. The number of methoxy groups -OCH3 is 1. The molecule has 0 saturated heterocycles. The van der Waals surface area contributed by atoms with Crippen molar-refractivity contribution in [2.45, 2.75) is 13.5 Å². The van der Waals surface area contributed by atoms with Gasteiger partial charge in [0.2, 0.25) is 5.88 Å². The molecule has 1 aromatic rings. The van der Waals surface area contributed by atoms with Gasteiger partial charge in [-0.3, -0.25) is 0 Å². The second kappa shape index (κ2) is 6.52. The van der Waals surface area contributed by atoms with E-state index in [4.69, 9.17) is 10.5 Å². The van der Waals surface area contributed by atoms with Crippen LogP contribution in [0.5, 0.6) is 5.88 Å².